The van der Waals surface area contributed by atoms with E-state index < -0.39 is 5.91 Å². The van der Waals surface area contributed by atoms with Crippen LogP contribution in [0.3, 0.4) is 0 Å². The molecule has 2 aromatic rings. The van der Waals surface area contributed by atoms with Crippen LogP contribution in [0.2, 0.25) is 5.02 Å². The summed E-state index contributed by atoms with van der Waals surface area (Å²) in [5.74, 6) is 0.159. The van der Waals surface area contributed by atoms with Crippen LogP contribution in [0, 0.1) is 0 Å². The molecule has 0 aliphatic carbocycles. The molecule has 2 heterocycles. The lowest BCUT2D eigenvalue weighted by Crippen LogP contribution is -2.09. The van der Waals surface area contributed by atoms with Crippen molar-refractivity contribution < 1.29 is 9.21 Å². The molecule has 1 amide bonds. The van der Waals surface area contributed by atoms with Crippen molar-refractivity contribution in [2.45, 2.75) is 6.54 Å². The van der Waals surface area contributed by atoms with E-state index in [4.69, 9.17) is 21.8 Å². The van der Waals surface area contributed by atoms with Crippen molar-refractivity contribution in [3.63, 3.8) is 0 Å². The number of nitrogens with zero attached hydrogens (tertiary/aromatic N) is 2. The molecule has 0 fully saturated rings. The van der Waals surface area contributed by atoms with E-state index in [1.807, 2.05) is 0 Å². The fourth-order valence-corrected chi connectivity index (χ4v) is 1.34. The Hall–Kier alpha value is -1.75. The van der Waals surface area contributed by atoms with Gasteiger partial charge in [-0.3, -0.25) is 9.48 Å². The molecule has 0 aromatic carbocycles. The maximum absolute atomic E-state index is 10.8. The van der Waals surface area contributed by atoms with Gasteiger partial charge in [0.25, 0.3) is 5.91 Å². The molecule has 0 saturated heterocycles. The molecule has 0 radical (unpaired) electrons. The number of carbonyl (C=O) groups is 1. The molecule has 0 aliphatic heterocycles. The van der Waals surface area contributed by atoms with E-state index in [2.05, 4.69) is 5.10 Å². The maximum atomic E-state index is 10.8. The highest BCUT2D eigenvalue weighted by Crippen LogP contribution is 2.10. The Morgan fingerprint density at radius 3 is 2.93 bits per heavy atom. The number of hydrogen-bond acceptors (Lipinski definition) is 3. The molecule has 0 saturated carbocycles. The van der Waals surface area contributed by atoms with Crippen LogP contribution in [0.1, 0.15) is 16.3 Å². The van der Waals surface area contributed by atoms with Gasteiger partial charge in [0, 0.05) is 6.20 Å². The monoisotopic (exact) mass is 225 g/mol. The van der Waals surface area contributed by atoms with E-state index in [-0.39, 0.29) is 5.76 Å². The second-order valence-electron chi connectivity index (χ2n) is 2.99. The van der Waals surface area contributed by atoms with E-state index in [1.165, 1.54) is 12.3 Å². The predicted octanol–water partition coefficient (Wildman–Crippen LogP) is 1.28. The average Bonchev–Trinajstić information content (AvgIpc) is 2.76. The number of hydrogen-bond donors (Lipinski definition) is 1. The fourth-order valence-electron chi connectivity index (χ4n) is 1.18. The van der Waals surface area contributed by atoms with Gasteiger partial charge >= 0.3 is 0 Å². The molecule has 0 aliphatic rings. The smallest absolute Gasteiger partial charge is 0.284 e. The molecule has 0 bridgehead atoms. The Balaban J connectivity index is 2.14. The minimum Gasteiger partial charge on any atom is -0.454 e. The molecular formula is C9H8ClN3O2. The summed E-state index contributed by atoms with van der Waals surface area (Å²) < 4.78 is 6.78. The average molecular weight is 226 g/mol. The van der Waals surface area contributed by atoms with Crippen molar-refractivity contribution in [2.75, 3.05) is 0 Å². The number of carbonyl (C=O) groups excluding carboxylic acids is 1. The highest BCUT2D eigenvalue weighted by Gasteiger charge is 2.07. The first-order valence-electron chi connectivity index (χ1n) is 4.21. The number of furan rings is 1. The zero-order valence-electron chi connectivity index (χ0n) is 7.68. The van der Waals surface area contributed by atoms with Gasteiger partial charge in [0.15, 0.2) is 5.76 Å². The van der Waals surface area contributed by atoms with Crippen LogP contribution in [-0.2, 0) is 6.54 Å². The number of nitrogens with two attached hydrogens (primary N) is 1. The molecule has 15 heavy (non-hydrogen) atoms. The zero-order valence-corrected chi connectivity index (χ0v) is 8.44. The summed E-state index contributed by atoms with van der Waals surface area (Å²) in [4.78, 5) is 10.8. The minimum absolute atomic E-state index is 0.142. The highest BCUT2D eigenvalue weighted by molar-refractivity contribution is 6.30. The summed E-state index contributed by atoms with van der Waals surface area (Å²) >= 11 is 5.69. The van der Waals surface area contributed by atoms with E-state index in [9.17, 15) is 4.79 Å². The molecule has 2 N–H and O–H groups in total. The second kappa shape index (κ2) is 3.78. The fraction of sp³-hybridized carbons (Fsp3) is 0.111. The molecule has 2 aromatic heterocycles. The Labute approximate surface area is 90.4 Å². The van der Waals surface area contributed by atoms with Gasteiger partial charge in [-0.2, -0.15) is 5.10 Å². The van der Waals surface area contributed by atoms with Crippen molar-refractivity contribution in [3.8, 4) is 0 Å². The largest absolute Gasteiger partial charge is 0.454 e. The third-order valence-corrected chi connectivity index (χ3v) is 2.02. The lowest BCUT2D eigenvalue weighted by Gasteiger charge is -1.96. The second-order valence-corrected chi connectivity index (χ2v) is 3.42. The first-order chi connectivity index (χ1) is 7.15. The van der Waals surface area contributed by atoms with Crippen LogP contribution >= 0.6 is 11.6 Å². The molecule has 0 unspecified atom stereocenters. The SMILES string of the molecule is NC(=O)c1ccc(Cn2cc(Cl)cn2)o1. The molecule has 2 rings (SSSR count). The number of primary amides is 1. The number of aromatic nitrogens is 2. The van der Waals surface area contributed by atoms with Gasteiger partial charge in [-0.1, -0.05) is 11.6 Å². The van der Waals surface area contributed by atoms with Crippen LogP contribution in [0.25, 0.3) is 0 Å². The summed E-state index contributed by atoms with van der Waals surface area (Å²) in [6.07, 6.45) is 3.19. The van der Waals surface area contributed by atoms with E-state index in [1.54, 1.807) is 16.9 Å². The summed E-state index contributed by atoms with van der Waals surface area (Å²) in [5, 5.41) is 4.53. The lowest BCUT2D eigenvalue weighted by atomic mass is 10.4. The Morgan fingerprint density at radius 1 is 1.60 bits per heavy atom. The minimum atomic E-state index is -0.584. The van der Waals surface area contributed by atoms with E-state index >= 15 is 0 Å². The molecule has 78 valence electrons. The molecular weight excluding hydrogens is 218 g/mol. The molecule has 0 spiro atoms. The number of halogens is 1. The Kier molecular flexibility index (Phi) is 2.47. The predicted molar refractivity (Wildman–Crippen MR) is 53.6 cm³/mol. The quantitative estimate of drug-likeness (QED) is 0.855. The van der Waals surface area contributed by atoms with Crippen molar-refractivity contribution in [1.82, 2.24) is 9.78 Å². The van der Waals surface area contributed by atoms with Gasteiger partial charge in [-0.15, -0.1) is 0 Å². The lowest BCUT2D eigenvalue weighted by molar-refractivity contribution is 0.0972. The van der Waals surface area contributed by atoms with Crippen LogP contribution in [0.4, 0.5) is 0 Å². The first-order valence-corrected chi connectivity index (χ1v) is 4.59. The van der Waals surface area contributed by atoms with E-state index in [0.29, 0.717) is 17.3 Å². The zero-order chi connectivity index (χ0) is 10.8. The van der Waals surface area contributed by atoms with Crippen LogP contribution in [0.5, 0.6) is 0 Å². The highest BCUT2D eigenvalue weighted by atomic mass is 35.5. The summed E-state index contributed by atoms with van der Waals surface area (Å²) in [6.45, 7) is 0.417. The molecule has 0 atom stereocenters. The van der Waals surface area contributed by atoms with Crippen LogP contribution in [-0.4, -0.2) is 15.7 Å². The van der Waals surface area contributed by atoms with Crippen molar-refractivity contribution >= 4 is 17.5 Å². The maximum Gasteiger partial charge on any atom is 0.284 e. The van der Waals surface area contributed by atoms with Crippen molar-refractivity contribution in [1.29, 1.82) is 0 Å². The van der Waals surface area contributed by atoms with Gasteiger partial charge in [0.1, 0.15) is 5.76 Å². The number of rotatable bonds is 3. The summed E-state index contributed by atoms with van der Waals surface area (Å²) in [6, 6.07) is 3.21. The topological polar surface area (TPSA) is 74.1 Å². The third-order valence-electron chi connectivity index (χ3n) is 1.82. The Morgan fingerprint density at radius 2 is 2.40 bits per heavy atom. The molecule has 6 heteroatoms. The van der Waals surface area contributed by atoms with Crippen molar-refractivity contribution in [2.24, 2.45) is 5.73 Å². The van der Waals surface area contributed by atoms with Gasteiger partial charge in [0.2, 0.25) is 0 Å². The van der Waals surface area contributed by atoms with E-state index in [0.717, 1.165) is 0 Å². The van der Waals surface area contributed by atoms with Gasteiger partial charge in [0.05, 0.1) is 17.8 Å². The van der Waals surface area contributed by atoms with Crippen molar-refractivity contribution in [3.05, 3.63) is 41.1 Å². The standard InChI is InChI=1S/C9H8ClN3O2/c10-6-3-12-13(4-6)5-7-1-2-8(15-7)9(11)14/h1-4H,5H2,(H2,11,14). The molecule has 5 nitrogen and oxygen atoms in total. The van der Waals surface area contributed by atoms with Crippen LogP contribution < -0.4 is 5.73 Å². The normalized spacial score (nSPS) is 10.5. The van der Waals surface area contributed by atoms with Gasteiger partial charge in [-0.05, 0) is 12.1 Å². The third kappa shape index (κ3) is 2.19. The van der Waals surface area contributed by atoms with Gasteiger partial charge in [-0.25, -0.2) is 0 Å². The summed E-state index contributed by atoms with van der Waals surface area (Å²) in [5.41, 5.74) is 5.05. The Bertz CT molecular complexity index is 489. The van der Waals surface area contributed by atoms with Crippen LogP contribution in [0.15, 0.2) is 28.9 Å². The van der Waals surface area contributed by atoms with Gasteiger partial charge < -0.3 is 10.2 Å². The first kappa shape index (κ1) is 9.79. The summed E-state index contributed by atoms with van der Waals surface area (Å²) in [7, 11) is 0. The number of amides is 1.